The normalized spacial score (nSPS) is 11.1. The molecule has 3 heterocycles. The Balaban J connectivity index is 1.81. The number of para-hydroxylation sites is 1. The Morgan fingerprint density at radius 2 is 1.88 bits per heavy atom. The van der Waals surface area contributed by atoms with Crippen LogP contribution >= 0.6 is 15.9 Å². The molecule has 8 nitrogen and oxygen atoms in total. The summed E-state index contributed by atoms with van der Waals surface area (Å²) in [4.78, 5) is 41.2. The van der Waals surface area contributed by atoms with Crippen molar-refractivity contribution in [2.24, 2.45) is 0 Å². The first-order chi connectivity index (χ1) is 12.0. The van der Waals surface area contributed by atoms with Crippen molar-refractivity contribution in [2.75, 3.05) is 5.32 Å². The predicted octanol–water partition coefficient (Wildman–Crippen LogP) is 2.11. The van der Waals surface area contributed by atoms with E-state index in [0.717, 1.165) is 0 Å². The van der Waals surface area contributed by atoms with Gasteiger partial charge in [-0.05, 0) is 28.1 Å². The first-order valence-electron chi connectivity index (χ1n) is 7.23. The largest absolute Gasteiger partial charge is 0.321 e. The standard InChI is InChI=1S/C16H10BrN5O3/c17-10-3-1-2-7-9(6-12(24)18-13(7)10)16(25)20-15-8-4-5-11(23)19-14(8)21-22-15/h1-6H,(H,18,24)(H3,19,20,21,22,23,25). The molecule has 4 aromatic rings. The highest BCUT2D eigenvalue weighted by atomic mass is 79.9. The third-order valence-corrected chi connectivity index (χ3v) is 4.42. The summed E-state index contributed by atoms with van der Waals surface area (Å²) >= 11 is 3.36. The van der Waals surface area contributed by atoms with Gasteiger partial charge in [0, 0.05) is 22.0 Å². The number of amides is 1. The van der Waals surface area contributed by atoms with Crippen LogP contribution in [0.1, 0.15) is 10.4 Å². The number of benzene rings is 1. The van der Waals surface area contributed by atoms with Crippen molar-refractivity contribution in [3.8, 4) is 0 Å². The Morgan fingerprint density at radius 3 is 2.72 bits per heavy atom. The maximum atomic E-state index is 12.7. The number of carbonyl (C=O) groups excluding carboxylic acids is 1. The van der Waals surface area contributed by atoms with Gasteiger partial charge in [-0.3, -0.25) is 19.5 Å². The molecule has 4 N–H and O–H groups in total. The number of anilines is 1. The van der Waals surface area contributed by atoms with Gasteiger partial charge in [-0.15, -0.1) is 0 Å². The van der Waals surface area contributed by atoms with Gasteiger partial charge in [-0.25, -0.2) is 0 Å². The zero-order chi connectivity index (χ0) is 17.6. The van der Waals surface area contributed by atoms with Crippen LogP contribution in [0.3, 0.4) is 0 Å². The summed E-state index contributed by atoms with van der Waals surface area (Å²) in [6.45, 7) is 0. The lowest BCUT2D eigenvalue weighted by Gasteiger charge is -2.07. The van der Waals surface area contributed by atoms with E-state index in [0.29, 0.717) is 26.4 Å². The van der Waals surface area contributed by atoms with E-state index in [1.807, 2.05) is 0 Å². The van der Waals surface area contributed by atoms with Gasteiger partial charge in [0.2, 0.25) is 11.1 Å². The lowest BCUT2D eigenvalue weighted by molar-refractivity contribution is 0.102. The van der Waals surface area contributed by atoms with E-state index in [1.165, 1.54) is 12.1 Å². The Hall–Kier alpha value is -3.20. The molecule has 0 saturated heterocycles. The Morgan fingerprint density at radius 1 is 1.04 bits per heavy atom. The van der Waals surface area contributed by atoms with Crippen molar-refractivity contribution < 1.29 is 4.79 Å². The minimum absolute atomic E-state index is 0.223. The van der Waals surface area contributed by atoms with Crippen LogP contribution in [0.4, 0.5) is 5.82 Å². The summed E-state index contributed by atoms with van der Waals surface area (Å²) in [5.74, 6) is -0.214. The van der Waals surface area contributed by atoms with Gasteiger partial charge in [-0.2, -0.15) is 5.10 Å². The molecule has 0 radical (unpaired) electrons. The maximum absolute atomic E-state index is 12.7. The second-order valence-electron chi connectivity index (χ2n) is 5.35. The first-order valence-corrected chi connectivity index (χ1v) is 8.02. The fourth-order valence-corrected chi connectivity index (χ4v) is 3.10. The van der Waals surface area contributed by atoms with Crippen LogP contribution in [0.2, 0.25) is 0 Å². The maximum Gasteiger partial charge on any atom is 0.257 e. The lowest BCUT2D eigenvalue weighted by atomic mass is 10.1. The highest BCUT2D eigenvalue weighted by Gasteiger charge is 2.16. The smallest absolute Gasteiger partial charge is 0.257 e. The van der Waals surface area contributed by atoms with Gasteiger partial charge in [0.25, 0.3) is 5.91 Å². The molecular weight excluding hydrogens is 390 g/mol. The number of halogens is 1. The third-order valence-electron chi connectivity index (χ3n) is 3.76. The van der Waals surface area contributed by atoms with Crippen molar-refractivity contribution in [1.29, 1.82) is 0 Å². The van der Waals surface area contributed by atoms with E-state index in [2.05, 4.69) is 41.4 Å². The Kier molecular flexibility index (Phi) is 3.50. The van der Waals surface area contributed by atoms with Crippen molar-refractivity contribution in [3.63, 3.8) is 0 Å². The monoisotopic (exact) mass is 399 g/mol. The summed E-state index contributed by atoms with van der Waals surface area (Å²) in [5, 5.41) is 10.5. The van der Waals surface area contributed by atoms with E-state index >= 15 is 0 Å². The molecule has 1 aromatic carbocycles. The van der Waals surface area contributed by atoms with Gasteiger partial charge in [0.05, 0.1) is 16.5 Å². The van der Waals surface area contributed by atoms with Crippen molar-refractivity contribution in [2.45, 2.75) is 0 Å². The van der Waals surface area contributed by atoms with Gasteiger partial charge >= 0.3 is 0 Å². The second kappa shape index (κ2) is 5.71. The Bertz CT molecular complexity index is 1250. The van der Waals surface area contributed by atoms with E-state index < -0.39 is 5.91 Å². The lowest BCUT2D eigenvalue weighted by Crippen LogP contribution is -2.17. The molecule has 25 heavy (non-hydrogen) atoms. The minimum atomic E-state index is -0.478. The highest BCUT2D eigenvalue weighted by Crippen LogP contribution is 2.24. The molecule has 0 fully saturated rings. The molecule has 9 heteroatoms. The molecular formula is C16H10BrN5O3. The van der Waals surface area contributed by atoms with Crippen molar-refractivity contribution in [3.05, 3.63) is 67.1 Å². The number of nitrogens with zero attached hydrogens (tertiary/aromatic N) is 1. The Labute approximate surface area is 147 Å². The number of carbonyl (C=O) groups is 1. The molecule has 3 aromatic heterocycles. The number of H-pyrrole nitrogens is 3. The number of rotatable bonds is 2. The number of aromatic nitrogens is 4. The predicted molar refractivity (Wildman–Crippen MR) is 96.9 cm³/mol. The first kappa shape index (κ1) is 15.3. The summed E-state index contributed by atoms with van der Waals surface area (Å²) < 4.78 is 0.680. The zero-order valence-corrected chi connectivity index (χ0v) is 14.1. The molecule has 0 aliphatic carbocycles. The number of hydrogen-bond donors (Lipinski definition) is 4. The summed E-state index contributed by atoms with van der Waals surface area (Å²) in [6, 6.07) is 9.42. The van der Waals surface area contributed by atoms with Gasteiger partial charge in [-0.1, -0.05) is 12.1 Å². The van der Waals surface area contributed by atoms with Crippen LogP contribution in [0.15, 0.2) is 50.5 Å². The summed E-state index contributed by atoms with van der Waals surface area (Å²) in [6.07, 6.45) is 0. The molecule has 0 bridgehead atoms. The minimum Gasteiger partial charge on any atom is -0.321 e. The fraction of sp³-hybridized carbons (Fsp3) is 0. The van der Waals surface area contributed by atoms with Crippen LogP contribution in [0, 0.1) is 0 Å². The number of fused-ring (bicyclic) bond motifs is 2. The van der Waals surface area contributed by atoms with E-state index in [1.54, 1.807) is 24.3 Å². The van der Waals surface area contributed by atoms with Gasteiger partial charge in [0.15, 0.2) is 5.82 Å². The van der Waals surface area contributed by atoms with Gasteiger partial charge < -0.3 is 15.3 Å². The summed E-state index contributed by atoms with van der Waals surface area (Å²) in [7, 11) is 0. The average molecular weight is 400 g/mol. The number of aromatic amines is 3. The molecule has 0 saturated carbocycles. The highest BCUT2D eigenvalue weighted by molar-refractivity contribution is 9.10. The average Bonchev–Trinajstić information content (AvgIpc) is 2.97. The van der Waals surface area contributed by atoms with Crippen molar-refractivity contribution >= 4 is 49.6 Å². The molecule has 0 aliphatic heterocycles. The second-order valence-corrected chi connectivity index (χ2v) is 6.20. The van der Waals surface area contributed by atoms with Crippen LogP contribution in [0.5, 0.6) is 0 Å². The van der Waals surface area contributed by atoms with E-state index in [9.17, 15) is 14.4 Å². The van der Waals surface area contributed by atoms with Crippen LogP contribution in [0.25, 0.3) is 21.9 Å². The third kappa shape index (κ3) is 2.64. The molecule has 1 amide bonds. The van der Waals surface area contributed by atoms with Gasteiger partial charge in [0.1, 0.15) is 5.65 Å². The molecule has 0 atom stereocenters. The van der Waals surface area contributed by atoms with Crippen LogP contribution in [-0.4, -0.2) is 26.1 Å². The molecule has 4 rings (SSSR count). The quantitative estimate of drug-likeness (QED) is 0.412. The topological polar surface area (TPSA) is 123 Å². The fourth-order valence-electron chi connectivity index (χ4n) is 2.63. The SMILES string of the molecule is O=C(Nc1n[nH]c2[nH]c(=O)ccc12)c1cc(=O)[nH]c2c(Br)cccc12. The van der Waals surface area contributed by atoms with Crippen LogP contribution in [-0.2, 0) is 0 Å². The van der Waals surface area contributed by atoms with Crippen LogP contribution < -0.4 is 16.4 Å². The van der Waals surface area contributed by atoms with E-state index in [-0.39, 0.29) is 22.5 Å². The molecule has 0 spiro atoms. The van der Waals surface area contributed by atoms with E-state index in [4.69, 9.17) is 0 Å². The zero-order valence-electron chi connectivity index (χ0n) is 12.5. The number of pyridine rings is 2. The summed E-state index contributed by atoms with van der Waals surface area (Å²) in [5.41, 5.74) is 0.499. The molecule has 0 aliphatic rings. The molecule has 124 valence electrons. The number of nitrogens with one attached hydrogen (secondary N) is 4. The molecule has 0 unspecified atom stereocenters. The number of hydrogen-bond acceptors (Lipinski definition) is 4. The van der Waals surface area contributed by atoms with Crippen molar-refractivity contribution in [1.82, 2.24) is 20.2 Å².